The summed E-state index contributed by atoms with van der Waals surface area (Å²) in [5.74, 6) is -0.631. The molecule has 0 aliphatic carbocycles. The molecule has 0 atom stereocenters. The Balaban J connectivity index is 2.53. The maximum absolute atomic E-state index is 11.4. The van der Waals surface area contributed by atoms with Gasteiger partial charge < -0.3 is 10.5 Å². The van der Waals surface area contributed by atoms with Gasteiger partial charge in [0.15, 0.2) is 11.4 Å². The minimum Gasteiger partial charge on any atom is -0.464 e. The van der Waals surface area contributed by atoms with E-state index in [-0.39, 0.29) is 17.1 Å². The first kappa shape index (κ1) is 11.6. The van der Waals surface area contributed by atoms with Crippen molar-refractivity contribution in [1.29, 1.82) is 5.26 Å². The predicted molar refractivity (Wildman–Crippen MR) is 61.8 cm³/mol. The quantitative estimate of drug-likeness (QED) is 0.770. The van der Waals surface area contributed by atoms with E-state index in [1.54, 1.807) is 12.1 Å². The average molecular weight is 243 g/mol. The molecule has 7 heteroatoms. The van der Waals surface area contributed by atoms with E-state index in [1.807, 2.05) is 6.07 Å². The van der Waals surface area contributed by atoms with Crippen LogP contribution in [-0.2, 0) is 4.74 Å². The fourth-order valence-corrected chi connectivity index (χ4v) is 1.43. The fraction of sp³-hybridized carbons (Fsp3) is 0.0909. The molecule has 0 unspecified atom stereocenters. The second kappa shape index (κ2) is 4.55. The highest BCUT2D eigenvalue weighted by atomic mass is 16.5. The summed E-state index contributed by atoms with van der Waals surface area (Å²) < 4.78 is 5.87. The normalized spacial score (nSPS) is 9.78. The average Bonchev–Trinajstić information content (AvgIpc) is 2.79. The topological polar surface area (TPSA) is 107 Å². The van der Waals surface area contributed by atoms with Gasteiger partial charge in [-0.3, -0.25) is 0 Å². The minimum atomic E-state index is -0.631. The van der Waals surface area contributed by atoms with Crippen molar-refractivity contribution in [3.63, 3.8) is 0 Å². The van der Waals surface area contributed by atoms with E-state index in [0.29, 0.717) is 5.69 Å². The van der Waals surface area contributed by atoms with Crippen molar-refractivity contribution in [2.45, 2.75) is 0 Å². The molecule has 0 aromatic carbocycles. The number of nitrogens with two attached hydrogens (primary N) is 1. The van der Waals surface area contributed by atoms with E-state index >= 15 is 0 Å². The zero-order chi connectivity index (χ0) is 13.1. The van der Waals surface area contributed by atoms with Crippen molar-refractivity contribution in [3.8, 4) is 11.8 Å². The van der Waals surface area contributed by atoms with Crippen LogP contribution in [0.3, 0.4) is 0 Å². The summed E-state index contributed by atoms with van der Waals surface area (Å²) in [6.07, 6.45) is 2.93. The molecule has 0 saturated heterocycles. The molecular formula is C11H9N5O2. The number of esters is 1. The molecule has 7 nitrogen and oxygen atoms in total. The molecule has 2 rings (SSSR count). The number of hydrogen-bond acceptors (Lipinski definition) is 6. The molecule has 2 aromatic heterocycles. The van der Waals surface area contributed by atoms with Crippen LogP contribution in [0, 0.1) is 11.3 Å². The Morgan fingerprint density at radius 3 is 3.06 bits per heavy atom. The number of nitriles is 1. The SMILES string of the molecule is COC(=O)c1nn(-c2cccnc2C#N)cc1N. The molecule has 0 aliphatic rings. The van der Waals surface area contributed by atoms with Gasteiger partial charge >= 0.3 is 5.97 Å². The summed E-state index contributed by atoms with van der Waals surface area (Å²) in [4.78, 5) is 15.3. The van der Waals surface area contributed by atoms with Crippen LogP contribution in [0.1, 0.15) is 16.2 Å². The number of anilines is 1. The molecule has 90 valence electrons. The van der Waals surface area contributed by atoms with Gasteiger partial charge in [0.1, 0.15) is 11.8 Å². The highest BCUT2D eigenvalue weighted by molar-refractivity contribution is 5.92. The van der Waals surface area contributed by atoms with Crippen LogP contribution in [0.2, 0.25) is 0 Å². The number of carbonyl (C=O) groups excluding carboxylic acids is 1. The van der Waals surface area contributed by atoms with Crippen molar-refractivity contribution < 1.29 is 9.53 Å². The standard InChI is InChI=1S/C11H9N5O2/c1-18-11(17)10-7(13)6-16(15-10)9-3-2-4-14-8(9)5-12/h2-4,6H,13H2,1H3. The van der Waals surface area contributed by atoms with Crippen LogP contribution < -0.4 is 5.73 Å². The van der Waals surface area contributed by atoms with Crippen molar-refractivity contribution in [2.75, 3.05) is 12.8 Å². The summed E-state index contributed by atoms with van der Waals surface area (Å²) in [7, 11) is 1.24. The number of nitrogen functional groups attached to an aromatic ring is 1. The smallest absolute Gasteiger partial charge is 0.360 e. The zero-order valence-corrected chi connectivity index (χ0v) is 9.49. The van der Waals surface area contributed by atoms with Gasteiger partial charge in [0.2, 0.25) is 0 Å². The number of hydrogen-bond donors (Lipinski definition) is 1. The lowest BCUT2D eigenvalue weighted by Gasteiger charge is -2.01. The molecule has 0 bridgehead atoms. The third-order valence-electron chi connectivity index (χ3n) is 2.26. The van der Waals surface area contributed by atoms with Crippen LogP contribution in [-0.4, -0.2) is 27.8 Å². The lowest BCUT2D eigenvalue weighted by molar-refractivity contribution is 0.0594. The van der Waals surface area contributed by atoms with Crippen molar-refractivity contribution in [3.05, 3.63) is 35.9 Å². The summed E-state index contributed by atoms with van der Waals surface area (Å²) >= 11 is 0. The first-order valence-corrected chi connectivity index (χ1v) is 4.96. The summed E-state index contributed by atoms with van der Waals surface area (Å²) in [5, 5.41) is 12.9. The van der Waals surface area contributed by atoms with Crippen molar-refractivity contribution >= 4 is 11.7 Å². The van der Waals surface area contributed by atoms with E-state index in [9.17, 15) is 4.79 Å². The van der Waals surface area contributed by atoms with Gasteiger partial charge in [0.05, 0.1) is 19.0 Å². The number of ether oxygens (including phenoxy) is 1. The second-order valence-electron chi connectivity index (χ2n) is 3.35. The molecule has 18 heavy (non-hydrogen) atoms. The predicted octanol–water partition coefficient (Wildman–Crippen LogP) is 0.508. The van der Waals surface area contributed by atoms with Gasteiger partial charge in [-0.25, -0.2) is 14.5 Å². The molecule has 2 N–H and O–H groups in total. The van der Waals surface area contributed by atoms with Crippen LogP contribution in [0.25, 0.3) is 5.69 Å². The number of aromatic nitrogens is 3. The van der Waals surface area contributed by atoms with Gasteiger partial charge in [-0.1, -0.05) is 0 Å². The third kappa shape index (κ3) is 1.87. The summed E-state index contributed by atoms with van der Waals surface area (Å²) in [5.41, 5.74) is 6.48. The van der Waals surface area contributed by atoms with Gasteiger partial charge in [-0.2, -0.15) is 10.4 Å². The van der Waals surface area contributed by atoms with E-state index < -0.39 is 5.97 Å². The van der Waals surface area contributed by atoms with E-state index in [1.165, 1.54) is 24.2 Å². The van der Waals surface area contributed by atoms with Crippen LogP contribution >= 0.6 is 0 Å². The molecule has 0 amide bonds. The largest absolute Gasteiger partial charge is 0.464 e. The molecule has 0 fully saturated rings. The fourth-order valence-electron chi connectivity index (χ4n) is 1.43. The van der Waals surface area contributed by atoms with E-state index in [0.717, 1.165) is 0 Å². The molecule has 0 aliphatic heterocycles. The number of rotatable bonds is 2. The Labute approximate surface area is 102 Å². The highest BCUT2D eigenvalue weighted by Gasteiger charge is 2.17. The first-order valence-electron chi connectivity index (χ1n) is 4.96. The van der Waals surface area contributed by atoms with E-state index in [2.05, 4.69) is 14.8 Å². The summed E-state index contributed by atoms with van der Waals surface area (Å²) in [6, 6.07) is 5.25. The monoisotopic (exact) mass is 243 g/mol. The zero-order valence-electron chi connectivity index (χ0n) is 9.49. The molecule has 2 aromatic rings. The van der Waals surface area contributed by atoms with Crippen molar-refractivity contribution in [1.82, 2.24) is 14.8 Å². The first-order chi connectivity index (χ1) is 8.67. The Hall–Kier alpha value is -2.88. The van der Waals surface area contributed by atoms with E-state index in [4.69, 9.17) is 11.0 Å². The molecule has 0 radical (unpaired) electrons. The molecule has 0 saturated carbocycles. The Bertz CT molecular complexity index is 641. The molecule has 2 heterocycles. The Kier molecular flexibility index (Phi) is 2.93. The minimum absolute atomic E-state index is 0.00485. The van der Waals surface area contributed by atoms with Crippen LogP contribution in [0.5, 0.6) is 0 Å². The Morgan fingerprint density at radius 1 is 1.61 bits per heavy atom. The van der Waals surface area contributed by atoms with Gasteiger partial charge in [-0.05, 0) is 12.1 Å². The molecular weight excluding hydrogens is 234 g/mol. The third-order valence-corrected chi connectivity index (χ3v) is 2.26. The Morgan fingerprint density at radius 2 is 2.39 bits per heavy atom. The molecule has 0 spiro atoms. The number of carbonyl (C=O) groups is 1. The number of pyridine rings is 1. The second-order valence-corrected chi connectivity index (χ2v) is 3.35. The van der Waals surface area contributed by atoms with Crippen LogP contribution in [0.15, 0.2) is 24.5 Å². The lowest BCUT2D eigenvalue weighted by atomic mass is 10.3. The number of nitrogens with zero attached hydrogens (tertiary/aromatic N) is 4. The summed E-state index contributed by atoms with van der Waals surface area (Å²) in [6.45, 7) is 0. The lowest BCUT2D eigenvalue weighted by Crippen LogP contribution is -2.06. The van der Waals surface area contributed by atoms with Crippen LogP contribution in [0.4, 0.5) is 5.69 Å². The maximum atomic E-state index is 11.4. The van der Waals surface area contributed by atoms with Crippen molar-refractivity contribution in [2.24, 2.45) is 0 Å². The van der Waals surface area contributed by atoms with Gasteiger partial charge in [-0.15, -0.1) is 0 Å². The van der Waals surface area contributed by atoms with Gasteiger partial charge in [0.25, 0.3) is 0 Å². The number of methoxy groups -OCH3 is 1. The highest BCUT2D eigenvalue weighted by Crippen LogP contribution is 2.16. The maximum Gasteiger partial charge on any atom is 0.360 e. The van der Waals surface area contributed by atoms with Gasteiger partial charge in [0, 0.05) is 6.20 Å².